The van der Waals surface area contributed by atoms with Gasteiger partial charge in [-0.05, 0) is 38.5 Å². The van der Waals surface area contributed by atoms with Crippen LogP contribution in [0.2, 0.25) is 0 Å². The molecule has 1 saturated heterocycles. The molecule has 0 unspecified atom stereocenters. The molecule has 0 radical (unpaired) electrons. The fraction of sp³-hybridized carbons (Fsp3) is 0.333. The predicted molar refractivity (Wildman–Crippen MR) is 116 cm³/mol. The van der Waals surface area contributed by atoms with Crippen molar-refractivity contribution < 1.29 is 5.11 Å². The Bertz CT molecular complexity index is 1230. The monoisotopic (exact) mass is 417 g/mol. The van der Waals surface area contributed by atoms with Crippen LogP contribution in [0, 0.1) is 6.92 Å². The summed E-state index contributed by atoms with van der Waals surface area (Å²) in [6.07, 6.45) is 5.20. The lowest BCUT2D eigenvalue weighted by molar-refractivity contribution is 0.402. The van der Waals surface area contributed by atoms with E-state index in [1.54, 1.807) is 23.0 Å². The van der Waals surface area contributed by atoms with Gasteiger partial charge >= 0.3 is 0 Å². The van der Waals surface area contributed by atoms with Crippen molar-refractivity contribution in [3.63, 3.8) is 0 Å². The molecule has 5 rings (SSSR count). The van der Waals surface area contributed by atoms with Gasteiger partial charge in [-0.25, -0.2) is 14.5 Å². The SMILES string of the molecule is Cc1nc2ncc(-c3ccc(-c4cnc(N5C[C@@H](C)N[C@@H](C)C5)nn4)c(O)c3)cn2n1. The molecule has 0 aliphatic carbocycles. The Hall–Kier alpha value is -3.66. The summed E-state index contributed by atoms with van der Waals surface area (Å²) >= 11 is 0. The number of hydrogen-bond acceptors (Lipinski definition) is 9. The fourth-order valence-corrected chi connectivity index (χ4v) is 3.99. The maximum atomic E-state index is 10.6. The third-order valence-corrected chi connectivity index (χ3v) is 5.30. The Labute approximate surface area is 179 Å². The molecule has 2 atom stereocenters. The predicted octanol–water partition coefficient (Wildman–Crippen LogP) is 1.84. The van der Waals surface area contributed by atoms with Crippen LogP contribution >= 0.6 is 0 Å². The summed E-state index contributed by atoms with van der Waals surface area (Å²) in [7, 11) is 0. The topological polar surface area (TPSA) is 117 Å². The number of hydrogen-bond donors (Lipinski definition) is 2. The lowest BCUT2D eigenvalue weighted by Crippen LogP contribution is -2.54. The molecule has 1 aliphatic rings. The number of phenolic OH excluding ortho intramolecular Hbond substituents is 1. The van der Waals surface area contributed by atoms with Crippen LogP contribution in [-0.2, 0) is 0 Å². The highest BCUT2D eigenvalue weighted by Crippen LogP contribution is 2.32. The van der Waals surface area contributed by atoms with Gasteiger partial charge in [-0.2, -0.15) is 10.1 Å². The number of aryl methyl sites for hydroxylation is 1. The van der Waals surface area contributed by atoms with Gasteiger partial charge in [-0.1, -0.05) is 6.07 Å². The Morgan fingerprint density at radius 3 is 2.55 bits per heavy atom. The summed E-state index contributed by atoms with van der Waals surface area (Å²) in [6, 6.07) is 6.10. The molecule has 10 heteroatoms. The number of phenols is 1. The van der Waals surface area contributed by atoms with Crippen molar-refractivity contribution in [1.29, 1.82) is 0 Å². The van der Waals surface area contributed by atoms with Gasteiger partial charge in [0.15, 0.2) is 0 Å². The van der Waals surface area contributed by atoms with E-state index in [9.17, 15) is 5.11 Å². The molecule has 4 heterocycles. The molecule has 1 aliphatic heterocycles. The van der Waals surface area contributed by atoms with E-state index >= 15 is 0 Å². The highest BCUT2D eigenvalue weighted by atomic mass is 16.3. The van der Waals surface area contributed by atoms with E-state index in [0.29, 0.717) is 40.9 Å². The number of aromatic hydroxyl groups is 1. The van der Waals surface area contributed by atoms with Crippen LogP contribution in [0.5, 0.6) is 5.75 Å². The number of nitrogens with zero attached hydrogens (tertiary/aromatic N) is 8. The van der Waals surface area contributed by atoms with Crippen LogP contribution in [0.4, 0.5) is 5.95 Å². The van der Waals surface area contributed by atoms with Crippen molar-refractivity contribution in [2.45, 2.75) is 32.9 Å². The third-order valence-electron chi connectivity index (χ3n) is 5.30. The summed E-state index contributed by atoms with van der Waals surface area (Å²) in [4.78, 5) is 15.2. The molecular weight excluding hydrogens is 394 g/mol. The van der Waals surface area contributed by atoms with E-state index in [1.165, 1.54) is 0 Å². The second-order valence-electron chi connectivity index (χ2n) is 8.00. The molecule has 1 aromatic carbocycles. The molecule has 2 N–H and O–H groups in total. The average molecular weight is 417 g/mol. The zero-order valence-electron chi connectivity index (χ0n) is 17.6. The zero-order chi connectivity index (χ0) is 21.5. The Kier molecular flexibility index (Phi) is 4.70. The minimum atomic E-state index is 0.0978. The van der Waals surface area contributed by atoms with Crippen molar-refractivity contribution >= 4 is 11.7 Å². The number of rotatable bonds is 3. The van der Waals surface area contributed by atoms with Crippen LogP contribution in [0.1, 0.15) is 19.7 Å². The number of piperazine rings is 1. The van der Waals surface area contributed by atoms with Gasteiger partial charge in [0.1, 0.15) is 17.3 Å². The van der Waals surface area contributed by atoms with Gasteiger partial charge in [0.2, 0.25) is 5.95 Å². The summed E-state index contributed by atoms with van der Waals surface area (Å²) in [5, 5.41) is 27.0. The van der Waals surface area contributed by atoms with Crippen LogP contribution in [0.25, 0.3) is 28.2 Å². The Morgan fingerprint density at radius 2 is 1.84 bits per heavy atom. The summed E-state index contributed by atoms with van der Waals surface area (Å²) < 4.78 is 1.63. The minimum absolute atomic E-state index is 0.0978. The van der Waals surface area contributed by atoms with E-state index in [0.717, 1.165) is 24.2 Å². The molecular formula is C21H23N9O. The van der Waals surface area contributed by atoms with Crippen molar-refractivity contribution in [2.24, 2.45) is 0 Å². The van der Waals surface area contributed by atoms with Crippen molar-refractivity contribution in [1.82, 2.24) is 40.1 Å². The maximum absolute atomic E-state index is 10.6. The molecule has 0 saturated carbocycles. The first-order chi connectivity index (χ1) is 15.0. The molecule has 3 aromatic heterocycles. The number of fused-ring (bicyclic) bond motifs is 1. The number of benzene rings is 1. The zero-order valence-corrected chi connectivity index (χ0v) is 17.6. The second kappa shape index (κ2) is 7.55. The molecule has 1 fully saturated rings. The molecule has 4 aromatic rings. The minimum Gasteiger partial charge on any atom is -0.507 e. The first-order valence-corrected chi connectivity index (χ1v) is 10.2. The van der Waals surface area contributed by atoms with E-state index in [2.05, 4.69) is 54.3 Å². The van der Waals surface area contributed by atoms with E-state index in [1.807, 2.05) is 25.3 Å². The number of anilines is 1. The van der Waals surface area contributed by atoms with Crippen molar-refractivity contribution in [2.75, 3.05) is 18.0 Å². The van der Waals surface area contributed by atoms with Gasteiger partial charge in [0, 0.05) is 48.7 Å². The van der Waals surface area contributed by atoms with Gasteiger partial charge in [-0.3, -0.25) is 0 Å². The molecule has 31 heavy (non-hydrogen) atoms. The second-order valence-corrected chi connectivity index (χ2v) is 8.00. The third kappa shape index (κ3) is 3.77. The van der Waals surface area contributed by atoms with Crippen molar-refractivity contribution in [3.05, 3.63) is 42.6 Å². The average Bonchev–Trinajstić information content (AvgIpc) is 3.12. The standard InChI is InChI=1S/C21H23N9O/c1-12-9-29(10-13(2)24-12)21-23-8-18(26-27-21)17-5-4-15(6-19(17)31)16-7-22-20-25-14(3)28-30(20)11-16/h4-8,11-13,24,31H,9-10H2,1-3H3/t12-,13+. The van der Waals surface area contributed by atoms with E-state index < -0.39 is 0 Å². The quantitative estimate of drug-likeness (QED) is 0.515. The van der Waals surface area contributed by atoms with E-state index in [-0.39, 0.29) is 5.75 Å². The Morgan fingerprint density at radius 1 is 1.03 bits per heavy atom. The first-order valence-electron chi connectivity index (χ1n) is 10.2. The largest absolute Gasteiger partial charge is 0.507 e. The van der Waals surface area contributed by atoms with Gasteiger partial charge in [0.05, 0.1) is 6.20 Å². The van der Waals surface area contributed by atoms with Crippen LogP contribution < -0.4 is 10.2 Å². The molecule has 10 nitrogen and oxygen atoms in total. The first kappa shape index (κ1) is 19.3. The van der Waals surface area contributed by atoms with Crippen LogP contribution in [-0.4, -0.2) is 65.0 Å². The normalized spacial score (nSPS) is 19.1. The highest BCUT2D eigenvalue weighted by Gasteiger charge is 2.23. The molecule has 0 spiro atoms. The van der Waals surface area contributed by atoms with E-state index in [4.69, 9.17) is 0 Å². The van der Waals surface area contributed by atoms with Gasteiger partial charge < -0.3 is 15.3 Å². The maximum Gasteiger partial charge on any atom is 0.252 e. The number of nitrogens with one attached hydrogen (secondary N) is 1. The molecule has 0 bridgehead atoms. The lowest BCUT2D eigenvalue weighted by atomic mass is 10.0. The highest BCUT2D eigenvalue weighted by molar-refractivity contribution is 5.73. The van der Waals surface area contributed by atoms with Gasteiger partial charge in [-0.15, -0.1) is 10.2 Å². The lowest BCUT2D eigenvalue weighted by Gasteiger charge is -2.35. The van der Waals surface area contributed by atoms with Crippen LogP contribution in [0.15, 0.2) is 36.8 Å². The Balaban J connectivity index is 1.40. The number of aromatic nitrogens is 7. The summed E-state index contributed by atoms with van der Waals surface area (Å²) in [5.41, 5.74) is 2.72. The smallest absolute Gasteiger partial charge is 0.252 e. The van der Waals surface area contributed by atoms with Crippen molar-refractivity contribution in [3.8, 4) is 28.1 Å². The fourth-order valence-electron chi connectivity index (χ4n) is 3.99. The van der Waals surface area contributed by atoms with Crippen LogP contribution in [0.3, 0.4) is 0 Å². The molecule has 158 valence electrons. The summed E-state index contributed by atoms with van der Waals surface area (Å²) in [6.45, 7) is 7.76. The molecule has 0 amide bonds. The summed E-state index contributed by atoms with van der Waals surface area (Å²) in [5.74, 6) is 1.89. The van der Waals surface area contributed by atoms with Gasteiger partial charge in [0.25, 0.3) is 5.78 Å².